The number of hydrogen-bond acceptors (Lipinski definition) is 6. The second kappa shape index (κ2) is 5.72. The van der Waals surface area contributed by atoms with Crippen LogP contribution in [0, 0.1) is 6.92 Å². The summed E-state index contributed by atoms with van der Waals surface area (Å²) in [6, 6.07) is 6.48. The van der Waals surface area contributed by atoms with Crippen molar-refractivity contribution in [2.24, 2.45) is 0 Å². The van der Waals surface area contributed by atoms with Gasteiger partial charge < -0.3 is 24.1 Å². The molecule has 4 atom stereocenters. The minimum atomic E-state index is -1.13. The van der Waals surface area contributed by atoms with Crippen LogP contribution in [-0.4, -0.2) is 34.8 Å². The topological polar surface area (TPSA) is 89.1 Å². The summed E-state index contributed by atoms with van der Waals surface area (Å²) < 4.78 is 16.3. The lowest BCUT2D eigenvalue weighted by Gasteiger charge is -2.35. The van der Waals surface area contributed by atoms with Crippen molar-refractivity contribution in [2.45, 2.75) is 44.9 Å². The van der Waals surface area contributed by atoms with Crippen LogP contribution in [0.5, 0.6) is 5.75 Å². The number of ether oxygens (including phenoxy) is 2. The fourth-order valence-corrected chi connectivity index (χ4v) is 2.64. The molecular weight excluding hydrogens is 288 g/mol. The van der Waals surface area contributed by atoms with Crippen LogP contribution in [0.15, 0.2) is 33.5 Å². The Morgan fingerprint density at radius 1 is 1.27 bits per heavy atom. The van der Waals surface area contributed by atoms with Gasteiger partial charge in [0.1, 0.15) is 17.4 Å². The molecular formula is C16H18O6. The molecule has 3 rings (SSSR count). The van der Waals surface area contributed by atoms with E-state index in [0.717, 1.165) is 10.9 Å². The molecule has 1 saturated heterocycles. The minimum Gasteiger partial charge on any atom is -0.462 e. The average Bonchev–Trinajstić information content (AvgIpc) is 2.43. The van der Waals surface area contributed by atoms with Crippen molar-refractivity contribution >= 4 is 11.0 Å². The highest BCUT2D eigenvalue weighted by molar-refractivity contribution is 5.81. The predicted molar refractivity (Wildman–Crippen MR) is 78.8 cm³/mol. The molecule has 0 aliphatic carbocycles. The van der Waals surface area contributed by atoms with Crippen LogP contribution < -0.4 is 10.4 Å². The first kappa shape index (κ1) is 15.0. The molecule has 0 amide bonds. The van der Waals surface area contributed by atoms with Crippen LogP contribution in [-0.2, 0) is 4.74 Å². The highest BCUT2D eigenvalue weighted by atomic mass is 16.7. The molecule has 6 nitrogen and oxygen atoms in total. The molecule has 2 aromatic rings. The first-order valence-corrected chi connectivity index (χ1v) is 7.17. The van der Waals surface area contributed by atoms with Gasteiger partial charge in [-0.05, 0) is 31.5 Å². The number of aliphatic hydroxyl groups excluding tert-OH is 2. The minimum absolute atomic E-state index is 0.218. The molecule has 6 heteroatoms. The van der Waals surface area contributed by atoms with E-state index in [9.17, 15) is 15.0 Å². The lowest BCUT2D eigenvalue weighted by Crippen LogP contribution is -2.50. The van der Waals surface area contributed by atoms with Crippen LogP contribution >= 0.6 is 0 Å². The maximum atomic E-state index is 11.4. The van der Waals surface area contributed by atoms with Crippen LogP contribution in [0.1, 0.15) is 18.9 Å². The molecule has 22 heavy (non-hydrogen) atoms. The number of aliphatic hydroxyl groups is 2. The van der Waals surface area contributed by atoms with Gasteiger partial charge in [0.05, 0.1) is 12.2 Å². The summed E-state index contributed by atoms with van der Waals surface area (Å²) in [5.74, 6) is 0.395. The third-order valence-corrected chi connectivity index (χ3v) is 3.79. The number of aryl methyl sites for hydroxylation is 1. The zero-order chi connectivity index (χ0) is 15.9. The molecule has 1 aromatic carbocycles. The van der Waals surface area contributed by atoms with Crippen molar-refractivity contribution < 1.29 is 24.1 Å². The number of fused-ring (bicyclic) bond motifs is 1. The Morgan fingerprint density at radius 3 is 2.82 bits per heavy atom. The van der Waals surface area contributed by atoms with Crippen molar-refractivity contribution in [3.63, 3.8) is 0 Å². The molecule has 1 fully saturated rings. The van der Waals surface area contributed by atoms with Crippen molar-refractivity contribution in [3.05, 3.63) is 40.2 Å². The van der Waals surface area contributed by atoms with Gasteiger partial charge in [-0.1, -0.05) is 0 Å². The molecule has 0 bridgehead atoms. The maximum absolute atomic E-state index is 11.4. The first-order chi connectivity index (χ1) is 10.4. The second-order valence-corrected chi connectivity index (χ2v) is 5.63. The summed E-state index contributed by atoms with van der Waals surface area (Å²) in [7, 11) is 0. The van der Waals surface area contributed by atoms with E-state index < -0.39 is 24.1 Å². The fraction of sp³-hybridized carbons (Fsp3) is 0.438. The monoisotopic (exact) mass is 306 g/mol. The summed E-state index contributed by atoms with van der Waals surface area (Å²) in [5.41, 5.74) is 0.789. The number of hydrogen-bond donors (Lipinski definition) is 2. The molecule has 118 valence electrons. The fourth-order valence-electron chi connectivity index (χ4n) is 2.64. The third-order valence-electron chi connectivity index (χ3n) is 3.79. The van der Waals surface area contributed by atoms with E-state index in [-0.39, 0.29) is 6.10 Å². The summed E-state index contributed by atoms with van der Waals surface area (Å²) in [6.45, 7) is 3.63. The second-order valence-electron chi connectivity index (χ2n) is 5.63. The molecule has 2 N–H and O–H groups in total. The largest absolute Gasteiger partial charge is 0.462 e. The predicted octanol–water partition coefficient (Wildman–Crippen LogP) is 1.34. The van der Waals surface area contributed by atoms with Gasteiger partial charge >= 0.3 is 5.63 Å². The van der Waals surface area contributed by atoms with Crippen molar-refractivity contribution in [2.75, 3.05) is 0 Å². The molecule has 1 aliphatic rings. The molecule has 0 unspecified atom stereocenters. The van der Waals surface area contributed by atoms with E-state index >= 15 is 0 Å². The van der Waals surface area contributed by atoms with E-state index in [4.69, 9.17) is 13.9 Å². The van der Waals surface area contributed by atoms with E-state index in [0.29, 0.717) is 17.8 Å². The van der Waals surface area contributed by atoms with Crippen molar-refractivity contribution in [1.29, 1.82) is 0 Å². The van der Waals surface area contributed by atoms with Gasteiger partial charge in [-0.15, -0.1) is 0 Å². The highest BCUT2D eigenvalue weighted by Gasteiger charge is 2.36. The Bertz CT molecular complexity index is 737. The first-order valence-electron chi connectivity index (χ1n) is 7.17. The molecule has 0 spiro atoms. The lowest BCUT2D eigenvalue weighted by molar-refractivity contribution is -0.231. The quantitative estimate of drug-likeness (QED) is 0.814. The zero-order valence-corrected chi connectivity index (χ0v) is 12.4. The van der Waals surface area contributed by atoms with Gasteiger partial charge in [0.15, 0.2) is 0 Å². The van der Waals surface area contributed by atoms with Gasteiger partial charge in [-0.3, -0.25) is 0 Å². The summed E-state index contributed by atoms with van der Waals surface area (Å²) in [5, 5.41) is 20.5. The number of rotatable bonds is 2. The Balaban J connectivity index is 1.89. The number of benzene rings is 1. The van der Waals surface area contributed by atoms with Crippen LogP contribution in [0.2, 0.25) is 0 Å². The lowest BCUT2D eigenvalue weighted by atomic mass is 10.0. The summed E-state index contributed by atoms with van der Waals surface area (Å²) >= 11 is 0. The van der Waals surface area contributed by atoms with Crippen LogP contribution in [0.3, 0.4) is 0 Å². The van der Waals surface area contributed by atoms with E-state index in [1.54, 1.807) is 25.1 Å². The Hall–Kier alpha value is -1.89. The summed E-state index contributed by atoms with van der Waals surface area (Å²) in [4.78, 5) is 11.4. The van der Waals surface area contributed by atoms with Crippen molar-refractivity contribution in [1.82, 2.24) is 0 Å². The smallest absolute Gasteiger partial charge is 0.336 e. The zero-order valence-electron chi connectivity index (χ0n) is 12.4. The van der Waals surface area contributed by atoms with Gasteiger partial charge in [0, 0.05) is 23.9 Å². The molecule has 1 aliphatic heterocycles. The Morgan fingerprint density at radius 2 is 2.05 bits per heavy atom. The van der Waals surface area contributed by atoms with Gasteiger partial charge in [0.2, 0.25) is 6.29 Å². The molecule has 0 saturated carbocycles. The van der Waals surface area contributed by atoms with Crippen molar-refractivity contribution in [3.8, 4) is 5.75 Å². The van der Waals surface area contributed by atoms with E-state index in [2.05, 4.69) is 0 Å². The van der Waals surface area contributed by atoms with Gasteiger partial charge in [-0.2, -0.15) is 0 Å². The highest BCUT2D eigenvalue weighted by Crippen LogP contribution is 2.26. The molecule has 2 heterocycles. The standard InChI is InChI=1S/C16H18O6/c1-8-5-14(18)22-13-7-10(3-4-11(8)13)21-16-15(19)12(17)6-9(2)20-16/h3-5,7,9,12,15-17,19H,6H2,1-2H3/t9-,12+,15-,16-/m0/s1. The Kier molecular flexibility index (Phi) is 3.90. The van der Waals surface area contributed by atoms with Crippen LogP contribution in [0.25, 0.3) is 11.0 Å². The molecule has 0 radical (unpaired) electrons. The van der Waals surface area contributed by atoms with Gasteiger partial charge in [0.25, 0.3) is 0 Å². The van der Waals surface area contributed by atoms with Crippen LogP contribution in [0.4, 0.5) is 0 Å². The molecule has 1 aromatic heterocycles. The third kappa shape index (κ3) is 2.85. The average molecular weight is 306 g/mol. The SMILES string of the molecule is Cc1cc(=O)oc2cc(O[C@@H]3O[C@@H](C)C[C@@H](O)[C@@H]3O)ccc12. The van der Waals surface area contributed by atoms with Gasteiger partial charge in [-0.25, -0.2) is 4.79 Å². The summed E-state index contributed by atoms with van der Waals surface area (Å²) in [6.07, 6.45) is -2.85. The Labute approximate surface area is 126 Å². The van der Waals surface area contributed by atoms with E-state index in [1.807, 2.05) is 6.92 Å². The maximum Gasteiger partial charge on any atom is 0.336 e. The normalized spacial score (nSPS) is 28.7. The van der Waals surface area contributed by atoms with E-state index in [1.165, 1.54) is 6.07 Å².